The lowest BCUT2D eigenvalue weighted by Gasteiger charge is -2.33. The highest BCUT2D eigenvalue weighted by molar-refractivity contribution is 5.83. The average molecular weight is 360 g/mol. The molecule has 1 aliphatic heterocycles. The molecule has 2 atom stereocenters. The second kappa shape index (κ2) is 10.8. The molecule has 1 aromatic rings. The molecule has 1 aromatic carbocycles. The number of ether oxygens (including phenoxy) is 1. The standard InChI is InChI=1S/C21H32N2O3/c1-3-4-5-9-14-22-20(24)18-11-10-15-23(16-18)21(25)17(2)26-19-12-7-6-8-13-19/h6-8,12-13,17-18H,3-5,9-11,14-16H2,1-2H3,(H,22,24). The van der Waals surface area contributed by atoms with Crippen molar-refractivity contribution in [3.63, 3.8) is 0 Å². The van der Waals surface area contributed by atoms with Crippen LogP contribution in [0.1, 0.15) is 52.4 Å². The number of unbranched alkanes of at least 4 members (excludes halogenated alkanes) is 3. The molecular formula is C21H32N2O3. The van der Waals surface area contributed by atoms with Crippen molar-refractivity contribution in [1.82, 2.24) is 10.2 Å². The Morgan fingerprint density at radius 3 is 2.73 bits per heavy atom. The monoisotopic (exact) mass is 360 g/mol. The van der Waals surface area contributed by atoms with E-state index in [-0.39, 0.29) is 17.7 Å². The van der Waals surface area contributed by atoms with Crippen LogP contribution < -0.4 is 10.1 Å². The molecule has 0 bridgehead atoms. The minimum absolute atomic E-state index is 0.0469. The summed E-state index contributed by atoms with van der Waals surface area (Å²) in [5.74, 6) is 0.611. The van der Waals surface area contributed by atoms with Gasteiger partial charge in [0.25, 0.3) is 5.91 Å². The molecule has 0 radical (unpaired) electrons. The molecule has 5 nitrogen and oxygen atoms in total. The molecule has 1 aliphatic rings. The fourth-order valence-electron chi connectivity index (χ4n) is 3.31. The molecule has 1 saturated heterocycles. The van der Waals surface area contributed by atoms with Crippen LogP contribution in [0, 0.1) is 5.92 Å². The average Bonchev–Trinajstić information content (AvgIpc) is 2.68. The zero-order valence-corrected chi connectivity index (χ0v) is 16.1. The lowest BCUT2D eigenvalue weighted by atomic mass is 9.96. The number of hydrogen-bond acceptors (Lipinski definition) is 3. The molecule has 5 heteroatoms. The smallest absolute Gasteiger partial charge is 0.263 e. The fraction of sp³-hybridized carbons (Fsp3) is 0.619. The minimum atomic E-state index is -0.548. The number of likely N-dealkylation sites (tertiary alicyclic amines) is 1. The first-order chi connectivity index (χ1) is 12.6. The normalized spacial score (nSPS) is 18.2. The summed E-state index contributed by atoms with van der Waals surface area (Å²) >= 11 is 0. The number of benzene rings is 1. The molecule has 1 fully saturated rings. The van der Waals surface area contributed by atoms with Crippen LogP contribution in [0.15, 0.2) is 30.3 Å². The summed E-state index contributed by atoms with van der Waals surface area (Å²) in [7, 11) is 0. The molecule has 2 unspecified atom stereocenters. The van der Waals surface area contributed by atoms with E-state index < -0.39 is 6.10 Å². The van der Waals surface area contributed by atoms with Gasteiger partial charge in [0, 0.05) is 19.6 Å². The van der Waals surface area contributed by atoms with E-state index in [0.717, 1.165) is 32.2 Å². The van der Waals surface area contributed by atoms with Crippen molar-refractivity contribution < 1.29 is 14.3 Å². The van der Waals surface area contributed by atoms with Crippen LogP contribution >= 0.6 is 0 Å². The highest BCUT2D eigenvalue weighted by Gasteiger charge is 2.30. The number of amides is 2. The highest BCUT2D eigenvalue weighted by atomic mass is 16.5. The van der Waals surface area contributed by atoms with E-state index >= 15 is 0 Å². The third-order valence-electron chi connectivity index (χ3n) is 4.84. The Morgan fingerprint density at radius 1 is 1.23 bits per heavy atom. The van der Waals surface area contributed by atoms with E-state index in [0.29, 0.717) is 18.8 Å². The second-order valence-corrected chi connectivity index (χ2v) is 7.05. The molecule has 2 rings (SSSR count). The van der Waals surface area contributed by atoms with Gasteiger partial charge in [0.05, 0.1) is 5.92 Å². The summed E-state index contributed by atoms with van der Waals surface area (Å²) in [6.45, 7) is 5.86. The molecule has 0 spiro atoms. The SMILES string of the molecule is CCCCCCNC(=O)C1CCCN(C(=O)C(C)Oc2ccccc2)C1. The molecule has 0 aliphatic carbocycles. The lowest BCUT2D eigenvalue weighted by Crippen LogP contribution is -2.49. The molecule has 0 aromatic heterocycles. The molecular weight excluding hydrogens is 328 g/mol. The fourth-order valence-corrected chi connectivity index (χ4v) is 3.31. The Kier molecular flexibility index (Phi) is 8.45. The van der Waals surface area contributed by atoms with Gasteiger partial charge in [-0.1, -0.05) is 44.4 Å². The van der Waals surface area contributed by atoms with Crippen molar-refractivity contribution in [2.75, 3.05) is 19.6 Å². The van der Waals surface area contributed by atoms with Gasteiger partial charge in [-0.3, -0.25) is 9.59 Å². The third kappa shape index (κ3) is 6.36. The number of carbonyl (C=O) groups is 2. The van der Waals surface area contributed by atoms with E-state index in [2.05, 4.69) is 12.2 Å². The van der Waals surface area contributed by atoms with Gasteiger partial charge in [-0.05, 0) is 38.3 Å². The Morgan fingerprint density at radius 2 is 2.00 bits per heavy atom. The van der Waals surface area contributed by atoms with Gasteiger partial charge in [0.1, 0.15) is 5.75 Å². The van der Waals surface area contributed by atoms with Crippen molar-refractivity contribution in [2.45, 2.75) is 58.5 Å². The van der Waals surface area contributed by atoms with Gasteiger partial charge in [-0.25, -0.2) is 0 Å². The van der Waals surface area contributed by atoms with Gasteiger partial charge in [0.15, 0.2) is 6.10 Å². The molecule has 1 heterocycles. The lowest BCUT2D eigenvalue weighted by molar-refractivity contribution is -0.141. The van der Waals surface area contributed by atoms with Crippen molar-refractivity contribution in [3.8, 4) is 5.75 Å². The Balaban J connectivity index is 1.79. The Hall–Kier alpha value is -2.04. The van der Waals surface area contributed by atoms with Gasteiger partial charge < -0.3 is 15.0 Å². The van der Waals surface area contributed by atoms with Crippen LogP contribution in [-0.2, 0) is 9.59 Å². The van der Waals surface area contributed by atoms with Crippen molar-refractivity contribution in [2.24, 2.45) is 5.92 Å². The van der Waals surface area contributed by atoms with Gasteiger partial charge in [-0.2, -0.15) is 0 Å². The van der Waals surface area contributed by atoms with Crippen molar-refractivity contribution in [1.29, 1.82) is 0 Å². The zero-order chi connectivity index (χ0) is 18.8. The summed E-state index contributed by atoms with van der Waals surface area (Å²) in [6.07, 6.45) is 5.74. The summed E-state index contributed by atoms with van der Waals surface area (Å²) in [4.78, 5) is 26.8. The first-order valence-corrected chi connectivity index (χ1v) is 9.90. The number of hydrogen-bond donors (Lipinski definition) is 1. The number of carbonyl (C=O) groups excluding carboxylic acids is 2. The van der Waals surface area contributed by atoms with Crippen LogP contribution in [-0.4, -0.2) is 42.5 Å². The number of para-hydroxylation sites is 1. The quantitative estimate of drug-likeness (QED) is 0.687. The summed E-state index contributed by atoms with van der Waals surface area (Å²) in [5.41, 5.74) is 0. The third-order valence-corrected chi connectivity index (χ3v) is 4.84. The van der Waals surface area contributed by atoms with Crippen LogP contribution in [0.4, 0.5) is 0 Å². The number of nitrogens with one attached hydrogen (secondary N) is 1. The maximum Gasteiger partial charge on any atom is 0.263 e. The maximum absolute atomic E-state index is 12.7. The Labute approximate surface area is 157 Å². The van der Waals surface area contributed by atoms with Crippen LogP contribution in [0.3, 0.4) is 0 Å². The van der Waals surface area contributed by atoms with Crippen LogP contribution in [0.5, 0.6) is 5.75 Å². The first kappa shape index (κ1) is 20.3. The zero-order valence-electron chi connectivity index (χ0n) is 16.1. The van der Waals surface area contributed by atoms with E-state index in [4.69, 9.17) is 4.74 Å². The highest BCUT2D eigenvalue weighted by Crippen LogP contribution is 2.19. The minimum Gasteiger partial charge on any atom is -0.481 e. The topological polar surface area (TPSA) is 58.6 Å². The largest absolute Gasteiger partial charge is 0.481 e. The molecule has 1 N–H and O–H groups in total. The number of piperidine rings is 1. The Bertz CT molecular complexity index is 562. The predicted molar refractivity (Wildman–Crippen MR) is 103 cm³/mol. The van der Waals surface area contributed by atoms with E-state index in [1.54, 1.807) is 11.8 Å². The van der Waals surface area contributed by atoms with Gasteiger partial charge >= 0.3 is 0 Å². The molecule has 144 valence electrons. The maximum atomic E-state index is 12.7. The predicted octanol–water partition coefficient (Wildman–Crippen LogP) is 3.39. The van der Waals surface area contributed by atoms with E-state index in [1.807, 2.05) is 30.3 Å². The summed E-state index contributed by atoms with van der Waals surface area (Å²) in [5, 5.41) is 3.03. The summed E-state index contributed by atoms with van der Waals surface area (Å²) < 4.78 is 5.74. The molecule has 26 heavy (non-hydrogen) atoms. The summed E-state index contributed by atoms with van der Waals surface area (Å²) in [6, 6.07) is 9.36. The van der Waals surface area contributed by atoms with Crippen LogP contribution in [0.25, 0.3) is 0 Å². The van der Waals surface area contributed by atoms with Crippen molar-refractivity contribution >= 4 is 11.8 Å². The van der Waals surface area contributed by atoms with Gasteiger partial charge in [-0.15, -0.1) is 0 Å². The molecule has 2 amide bonds. The van der Waals surface area contributed by atoms with E-state index in [1.165, 1.54) is 12.8 Å². The van der Waals surface area contributed by atoms with Crippen molar-refractivity contribution in [3.05, 3.63) is 30.3 Å². The second-order valence-electron chi connectivity index (χ2n) is 7.05. The van der Waals surface area contributed by atoms with E-state index in [9.17, 15) is 9.59 Å². The number of nitrogens with zero attached hydrogens (tertiary/aromatic N) is 1. The molecule has 0 saturated carbocycles. The first-order valence-electron chi connectivity index (χ1n) is 9.90. The van der Waals surface area contributed by atoms with Gasteiger partial charge in [0.2, 0.25) is 5.91 Å². The number of rotatable bonds is 9. The van der Waals surface area contributed by atoms with Crippen LogP contribution in [0.2, 0.25) is 0 Å².